The van der Waals surface area contributed by atoms with E-state index in [1.165, 1.54) is 105 Å². The second kappa shape index (κ2) is 15.1. The van der Waals surface area contributed by atoms with Crippen molar-refractivity contribution in [3.63, 3.8) is 0 Å². The smallest absolute Gasteiger partial charge is 0.185 e. The van der Waals surface area contributed by atoms with Gasteiger partial charge < -0.3 is 14.8 Å². The fraction of sp³-hybridized carbons (Fsp3) is 0.138. The number of aromatic nitrogens is 1. The summed E-state index contributed by atoms with van der Waals surface area (Å²) in [6.45, 7) is 4.77. The van der Waals surface area contributed by atoms with Gasteiger partial charge >= 0.3 is 0 Å². The molecule has 8 atom stereocenters. The number of hydrogen-bond donors (Lipinski definition) is 1. The van der Waals surface area contributed by atoms with Gasteiger partial charge in [-0.2, -0.15) is 10.0 Å². The summed E-state index contributed by atoms with van der Waals surface area (Å²) < 4.78 is 2.48. The molecule has 1 aromatic heterocycles. The number of hydrazine groups is 1. The highest BCUT2D eigenvalue weighted by molar-refractivity contribution is 6.11. The maximum Gasteiger partial charge on any atom is 0.185 e. The van der Waals surface area contributed by atoms with Gasteiger partial charge in [-0.3, -0.25) is 0 Å². The van der Waals surface area contributed by atoms with E-state index in [2.05, 4.69) is 263 Å². The number of anilines is 2. The molecule has 2 N–H and O–H groups in total. The highest BCUT2D eigenvalue weighted by Gasteiger charge is 2.65. The highest BCUT2D eigenvalue weighted by Crippen LogP contribution is 2.59. The molecule has 0 radical (unpaired) electrons. The molecule has 5 aliphatic rings. The molecule has 5 nitrogen and oxygen atoms in total. The Balaban J connectivity index is 0.909. The van der Waals surface area contributed by atoms with E-state index in [4.69, 9.17) is 0 Å². The van der Waals surface area contributed by atoms with Gasteiger partial charge in [0.15, 0.2) is 12.3 Å². The second-order valence-electron chi connectivity index (χ2n) is 20.5. The van der Waals surface area contributed by atoms with Crippen LogP contribution in [0.5, 0.6) is 0 Å². The van der Waals surface area contributed by atoms with E-state index in [0.717, 1.165) is 6.42 Å². The van der Waals surface area contributed by atoms with Gasteiger partial charge in [-0.1, -0.05) is 189 Å². The van der Waals surface area contributed by atoms with Crippen molar-refractivity contribution in [1.29, 1.82) is 0 Å². The standard InChI is InChI=1S/C65H51N5/c1-41-30-32-43(33-31-41)50-22-9-10-26-55(50)64-69-62(66-63(70(64)69)54-27-15-20-42-16-5-7-21-49(42)54)47-36-46-19-6-8-23-51(46)60(39-47)68-61-38-45-18-4-3-17-44(45)37-56(61)57-40-48(34-35-65(57,68)2)67-58-28-13-11-24-52(58)53-25-12-14-29-59(53)67/h3-30,32-41,57,62-64,66H,31H2,1-2H3/p+1. The summed E-state index contributed by atoms with van der Waals surface area (Å²) in [6, 6.07) is 70.6. The van der Waals surface area contributed by atoms with E-state index in [0.29, 0.717) is 5.92 Å². The van der Waals surface area contributed by atoms with Crippen LogP contribution in [0.4, 0.5) is 11.4 Å². The minimum absolute atomic E-state index is 0.0345. The number of quaternary nitrogens is 1. The molecule has 2 aliphatic carbocycles. The first-order valence-electron chi connectivity index (χ1n) is 25.1. The summed E-state index contributed by atoms with van der Waals surface area (Å²) in [5.41, 5.74) is 13.8. The molecule has 0 bridgehead atoms. The zero-order valence-electron chi connectivity index (χ0n) is 39.3. The molecule has 4 heterocycles. The topological polar surface area (TPSA) is 30.8 Å². The van der Waals surface area contributed by atoms with Crippen molar-refractivity contribution < 1.29 is 5.32 Å². The maximum absolute atomic E-state index is 2.70. The Bertz CT molecular complexity index is 3900. The van der Waals surface area contributed by atoms with Crippen molar-refractivity contribution in [2.75, 3.05) is 4.90 Å². The molecule has 2 saturated heterocycles. The Labute approximate surface area is 408 Å². The van der Waals surface area contributed by atoms with Crippen LogP contribution in [0.25, 0.3) is 65.4 Å². The van der Waals surface area contributed by atoms with Crippen LogP contribution >= 0.6 is 0 Å². The third-order valence-electron chi connectivity index (χ3n) is 16.4. The Morgan fingerprint density at radius 1 is 0.529 bits per heavy atom. The number of para-hydroxylation sites is 2. The first kappa shape index (κ1) is 40.1. The number of fused-ring (bicyclic) bond motifs is 10. The van der Waals surface area contributed by atoms with E-state index >= 15 is 0 Å². The molecular formula is C65H52N5+. The van der Waals surface area contributed by atoms with E-state index in [-0.39, 0.29) is 24.4 Å². The zero-order chi connectivity index (χ0) is 46.2. The van der Waals surface area contributed by atoms with Gasteiger partial charge in [-0.25, -0.2) is 0 Å². The van der Waals surface area contributed by atoms with Crippen molar-refractivity contribution in [3.05, 3.63) is 252 Å². The van der Waals surface area contributed by atoms with Gasteiger partial charge in [-0.15, -0.1) is 0 Å². The van der Waals surface area contributed by atoms with Gasteiger partial charge in [0.05, 0.1) is 22.3 Å². The molecule has 70 heavy (non-hydrogen) atoms. The van der Waals surface area contributed by atoms with Crippen LogP contribution in [0.15, 0.2) is 225 Å². The Morgan fingerprint density at radius 3 is 1.93 bits per heavy atom. The number of nitrogens with two attached hydrogens (primary N) is 1. The molecule has 3 aliphatic heterocycles. The molecule has 10 aromatic rings. The minimum Gasteiger partial charge on any atom is -0.330 e. The van der Waals surface area contributed by atoms with E-state index in [1.54, 1.807) is 0 Å². The van der Waals surface area contributed by atoms with Gasteiger partial charge in [-0.05, 0) is 111 Å². The lowest BCUT2D eigenvalue weighted by Crippen LogP contribution is -2.85. The summed E-state index contributed by atoms with van der Waals surface area (Å²) in [4.78, 5) is 2.70. The van der Waals surface area contributed by atoms with Crippen LogP contribution in [-0.4, -0.2) is 20.1 Å². The monoisotopic (exact) mass is 902 g/mol. The van der Waals surface area contributed by atoms with Crippen LogP contribution < -0.4 is 10.2 Å². The van der Waals surface area contributed by atoms with Gasteiger partial charge in [0.2, 0.25) is 0 Å². The summed E-state index contributed by atoms with van der Waals surface area (Å²) in [7, 11) is 0. The van der Waals surface area contributed by atoms with E-state index in [1.807, 2.05) is 0 Å². The SMILES string of the molecule is CC1C=CC(c2ccccc2C2N3C(c4cc(N5c6cc7ccccc7cc6C6C=C(n7c8ccccc8c8ccccc87)C=CC65C)c5ccccc5c4)[NH2+]C(c4cccc5ccccc45)N23)=CC1. The summed E-state index contributed by atoms with van der Waals surface area (Å²) in [6.07, 6.45) is 15.9. The number of allylic oxidation sites excluding steroid dienone is 6. The van der Waals surface area contributed by atoms with Crippen molar-refractivity contribution in [3.8, 4) is 0 Å². The third-order valence-corrected chi connectivity index (χ3v) is 16.4. The first-order valence-corrected chi connectivity index (χ1v) is 25.1. The Hall–Kier alpha value is -7.80. The lowest BCUT2D eigenvalue weighted by Gasteiger charge is -2.41. The normalized spacial score (nSPS) is 25.4. The average Bonchev–Trinajstić information content (AvgIpc) is 3.72. The number of hydrogen-bond acceptors (Lipinski definition) is 3. The predicted molar refractivity (Wildman–Crippen MR) is 289 cm³/mol. The van der Waals surface area contributed by atoms with Crippen LogP contribution in [0.3, 0.4) is 0 Å². The first-order chi connectivity index (χ1) is 34.5. The molecule has 5 heteroatoms. The van der Waals surface area contributed by atoms with Crippen molar-refractivity contribution in [1.82, 2.24) is 14.6 Å². The molecule has 0 saturated carbocycles. The van der Waals surface area contributed by atoms with Crippen LogP contribution in [0, 0.1) is 5.92 Å². The molecule has 8 unspecified atom stereocenters. The summed E-state index contributed by atoms with van der Waals surface area (Å²) >= 11 is 0. The largest absolute Gasteiger partial charge is 0.330 e. The van der Waals surface area contributed by atoms with E-state index < -0.39 is 5.54 Å². The van der Waals surface area contributed by atoms with Crippen LogP contribution in [0.2, 0.25) is 0 Å². The number of rotatable bonds is 6. The quantitative estimate of drug-likeness (QED) is 0.169. The third kappa shape index (κ3) is 5.83. The second-order valence-corrected chi connectivity index (χ2v) is 20.5. The lowest BCUT2D eigenvalue weighted by atomic mass is 9.79. The Morgan fingerprint density at radius 2 is 1.16 bits per heavy atom. The van der Waals surface area contributed by atoms with Crippen molar-refractivity contribution in [2.45, 2.75) is 50.2 Å². The Kier molecular flexibility index (Phi) is 8.65. The van der Waals surface area contributed by atoms with Crippen LogP contribution in [0.1, 0.15) is 72.5 Å². The van der Waals surface area contributed by atoms with Gasteiger partial charge in [0, 0.05) is 44.6 Å². The van der Waals surface area contributed by atoms with Crippen molar-refractivity contribution >= 4 is 76.8 Å². The molecule has 9 aromatic carbocycles. The van der Waals surface area contributed by atoms with Gasteiger partial charge in [0.25, 0.3) is 0 Å². The van der Waals surface area contributed by atoms with Crippen LogP contribution in [-0.2, 0) is 0 Å². The summed E-state index contributed by atoms with van der Waals surface area (Å²) in [5, 5.41) is 18.1. The highest BCUT2D eigenvalue weighted by atomic mass is 15.9. The molecule has 0 spiro atoms. The minimum atomic E-state index is -0.402. The average molecular weight is 903 g/mol. The maximum atomic E-state index is 2.70. The molecule has 0 amide bonds. The van der Waals surface area contributed by atoms with Gasteiger partial charge in [0.1, 0.15) is 6.17 Å². The summed E-state index contributed by atoms with van der Waals surface area (Å²) in [5.74, 6) is 0.638. The lowest BCUT2D eigenvalue weighted by molar-refractivity contribution is -0.735. The fourth-order valence-electron chi connectivity index (χ4n) is 13.1. The van der Waals surface area contributed by atoms with Crippen molar-refractivity contribution in [2.24, 2.45) is 5.92 Å². The molecular weight excluding hydrogens is 851 g/mol. The predicted octanol–water partition coefficient (Wildman–Crippen LogP) is 14.8. The zero-order valence-corrected chi connectivity index (χ0v) is 39.3. The van der Waals surface area contributed by atoms with E-state index in [9.17, 15) is 0 Å². The number of benzene rings is 9. The molecule has 2 fully saturated rings. The molecule has 336 valence electrons. The molecule has 15 rings (SSSR count). The fourth-order valence-corrected chi connectivity index (χ4v) is 13.1. The number of nitrogens with zero attached hydrogens (tertiary/aromatic N) is 4.